The van der Waals surface area contributed by atoms with Gasteiger partial charge in [0.25, 0.3) is 11.7 Å². The SMILES string of the molecule is Cl.Nc1nc(/C(=N/OCC(F)F)C(=O)Cl)ns1. The van der Waals surface area contributed by atoms with Crippen molar-refractivity contribution in [1.82, 2.24) is 9.36 Å². The Balaban J connectivity index is 0.00000256. The molecule has 1 aromatic heterocycles. The molecule has 0 aliphatic rings. The maximum Gasteiger partial charge on any atom is 0.278 e. The molecule has 0 amide bonds. The molecule has 1 heterocycles. The van der Waals surface area contributed by atoms with E-state index in [2.05, 4.69) is 19.4 Å². The van der Waals surface area contributed by atoms with Gasteiger partial charge in [-0.15, -0.1) is 12.4 Å². The molecular weight excluding hydrogens is 301 g/mol. The number of aromatic nitrogens is 2. The zero-order valence-electron chi connectivity index (χ0n) is 7.97. The molecule has 1 aromatic rings. The first-order valence-electron chi connectivity index (χ1n) is 3.78. The van der Waals surface area contributed by atoms with Gasteiger partial charge in [0.15, 0.2) is 11.7 Å². The van der Waals surface area contributed by atoms with Crippen LogP contribution < -0.4 is 5.73 Å². The van der Waals surface area contributed by atoms with Gasteiger partial charge in [-0.1, -0.05) is 5.16 Å². The highest BCUT2D eigenvalue weighted by atomic mass is 35.5. The largest absolute Gasteiger partial charge is 0.389 e. The minimum absolute atomic E-state index is 0. The molecule has 0 fully saturated rings. The number of alkyl halides is 2. The summed E-state index contributed by atoms with van der Waals surface area (Å²) < 4.78 is 27.1. The van der Waals surface area contributed by atoms with Crippen molar-refractivity contribution in [1.29, 1.82) is 0 Å². The molecule has 0 aliphatic carbocycles. The van der Waals surface area contributed by atoms with Crippen molar-refractivity contribution in [3.05, 3.63) is 5.82 Å². The summed E-state index contributed by atoms with van der Waals surface area (Å²) >= 11 is 5.96. The molecule has 0 spiro atoms. The molecule has 0 unspecified atom stereocenters. The number of nitrogens with zero attached hydrogens (tertiary/aromatic N) is 3. The summed E-state index contributed by atoms with van der Waals surface area (Å²) in [5.74, 6) is -0.156. The van der Waals surface area contributed by atoms with Crippen LogP contribution in [0.4, 0.5) is 13.9 Å². The van der Waals surface area contributed by atoms with E-state index < -0.39 is 24.0 Å². The highest BCUT2D eigenvalue weighted by Gasteiger charge is 2.18. The quantitative estimate of drug-likeness (QED) is 0.503. The van der Waals surface area contributed by atoms with Crippen molar-refractivity contribution in [2.45, 2.75) is 6.43 Å². The van der Waals surface area contributed by atoms with Crippen LogP contribution in [0.2, 0.25) is 0 Å². The number of rotatable bonds is 5. The van der Waals surface area contributed by atoms with Gasteiger partial charge in [0.1, 0.15) is 0 Å². The van der Waals surface area contributed by atoms with Crippen molar-refractivity contribution in [3.8, 4) is 0 Å². The van der Waals surface area contributed by atoms with Gasteiger partial charge in [-0.2, -0.15) is 9.36 Å². The fourth-order valence-electron chi connectivity index (χ4n) is 0.654. The van der Waals surface area contributed by atoms with Crippen molar-refractivity contribution in [3.63, 3.8) is 0 Å². The van der Waals surface area contributed by atoms with Crippen LogP contribution in [0.5, 0.6) is 0 Å². The van der Waals surface area contributed by atoms with Crippen LogP contribution in [0.25, 0.3) is 0 Å². The normalized spacial score (nSPS) is 11.2. The van der Waals surface area contributed by atoms with Crippen LogP contribution in [0, 0.1) is 0 Å². The fraction of sp³-hybridized carbons (Fsp3) is 0.333. The summed E-state index contributed by atoms with van der Waals surface area (Å²) in [5, 5.41) is 2.20. The van der Waals surface area contributed by atoms with Crippen LogP contribution in [0.15, 0.2) is 5.16 Å². The second-order valence-electron chi connectivity index (χ2n) is 2.36. The summed E-state index contributed by atoms with van der Waals surface area (Å²) in [6.07, 6.45) is -2.70. The lowest BCUT2D eigenvalue weighted by Gasteiger charge is -1.98. The van der Waals surface area contributed by atoms with Gasteiger partial charge in [-0.3, -0.25) is 4.79 Å². The Hall–Kier alpha value is -1.06. The lowest BCUT2D eigenvalue weighted by atomic mass is 10.4. The molecular formula is C6H6Cl2F2N4O2S. The molecule has 96 valence electrons. The standard InChI is InChI=1S/C6H5ClF2N4O2S.ClH/c7-4(14)3(12-15-1-2(8)9)5-11-6(10)16-13-5;/h2H,1H2,(H2,10,11,13);1H/b12-3+;. The van der Waals surface area contributed by atoms with Crippen molar-refractivity contribution >= 4 is 51.6 Å². The van der Waals surface area contributed by atoms with Crippen LogP contribution in [0.3, 0.4) is 0 Å². The molecule has 1 rings (SSSR count). The molecule has 0 bridgehead atoms. The highest BCUT2D eigenvalue weighted by molar-refractivity contribution is 7.09. The first-order chi connectivity index (χ1) is 7.50. The zero-order chi connectivity index (χ0) is 12.1. The lowest BCUT2D eigenvalue weighted by Crippen LogP contribution is -2.13. The number of halogens is 4. The summed E-state index contributed by atoms with van der Waals surface area (Å²) in [7, 11) is 0. The van der Waals surface area contributed by atoms with Gasteiger partial charge in [-0.25, -0.2) is 8.78 Å². The first kappa shape index (κ1) is 15.9. The molecule has 0 aliphatic heterocycles. The number of nitrogen functional groups attached to an aromatic ring is 1. The third-order valence-corrected chi connectivity index (χ3v) is 1.92. The van der Waals surface area contributed by atoms with Crippen LogP contribution in [-0.4, -0.2) is 33.3 Å². The molecule has 6 nitrogen and oxygen atoms in total. The third kappa shape index (κ3) is 5.20. The Labute approximate surface area is 109 Å². The Morgan fingerprint density at radius 1 is 1.65 bits per heavy atom. The van der Waals surface area contributed by atoms with Gasteiger partial charge >= 0.3 is 0 Å². The number of nitrogens with two attached hydrogens (primary N) is 1. The predicted molar refractivity (Wildman–Crippen MR) is 60.9 cm³/mol. The van der Waals surface area contributed by atoms with Crippen molar-refractivity contribution < 1.29 is 18.4 Å². The first-order valence-corrected chi connectivity index (χ1v) is 4.93. The summed E-state index contributed by atoms with van der Waals surface area (Å²) in [4.78, 5) is 18.7. The van der Waals surface area contributed by atoms with Gasteiger partial charge in [0.2, 0.25) is 11.5 Å². The van der Waals surface area contributed by atoms with Gasteiger partial charge in [0.05, 0.1) is 0 Å². The molecule has 17 heavy (non-hydrogen) atoms. The van der Waals surface area contributed by atoms with Gasteiger partial charge in [0, 0.05) is 11.5 Å². The Morgan fingerprint density at radius 3 is 2.71 bits per heavy atom. The minimum Gasteiger partial charge on any atom is -0.389 e. The molecule has 0 atom stereocenters. The maximum absolute atomic E-state index is 11.7. The van der Waals surface area contributed by atoms with Crippen LogP contribution >= 0.6 is 35.5 Å². The molecule has 0 saturated heterocycles. The van der Waals surface area contributed by atoms with Gasteiger partial charge in [-0.05, 0) is 11.6 Å². The van der Waals surface area contributed by atoms with E-state index in [1.807, 2.05) is 0 Å². The third-order valence-electron chi connectivity index (χ3n) is 1.20. The van der Waals surface area contributed by atoms with Crippen LogP contribution in [-0.2, 0) is 9.63 Å². The molecule has 0 saturated carbocycles. The van der Waals surface area contributed by atoms with Gasteiger partial charge < -0.3 is 10.6 Å². The molecule has 0 radical (unpaired) electrons. The number of hydrogen-bond donors (Lipinski definition) is 1. The van der Waals surface area contributed by atoms with E-state index in [1.54, 1.807) is 0 Å². The summed E-state index contributed by atoms with van der Waals surface area (Å²) in [6, 6.07) is 0. The second kappa shape index (κ2) is 7.30. The summed E-state index contributed by atoms with van der Waals surface area (Å²) in [6.45, 7) is -0.951. The smallest absolute Gasteiger partial charge is 0.278 e. The molecule has 0 aromatic carbocycles. The number of anilines is 1. The van der Waals surface area contributed by atoms with E-state index in [-0.39, 0.29) is 23.4 Å². The number of oxime groups is 1. The van der Waals surface area contributed by atoms with Crippen molar-refractivity contribution in [2.24, 2.45) is 5.16 Å². The van der Waals surface area contributed by atoms with E-state index in [9.17, 15) is 13.6 Å². The number of carbonyl (C=O) groups is 1. The maximum atomic E-state index is 11.7. The summed E-state index contributed by atoms with van der Waals surface area (Å²) in [5.41, 5.74) is 4.81. The average molecular weight is 307 g/mol. The van der Waals surface area contributed by atoms with E-state index in [1.165, 1.54) is 0 Å². The number of carbonyl (C=O) groups excluding carboxylic acids is 1. The Bertz CT molecular complexity index is 414. The van der Waals surface area contributed by atoms with E-state index in [0.29, 0.717) is 0 Å². The van der Waals surface area contributed by atoms with E-state index in [0.717, 1.165) is 11.5 Å². The lowest BCUT2D eigenvalue weighted by molar-refractivity contribution is -0.106. The average Bonchev–Trinajstić information content (AvgIpc) is 2.58. The van der Waals surface area contributed by atoms with E-state index >= 15 is 0 Å². The van der Waals surface area contributed by atoms with E-state index in [4.69, 9.17) is 17.3 Å². The predicted octanol–water partition coefficient (Wildman–Crippen LogP) is 1.29. The highest BCUT2D eigenvalue weighted by Crippen LogP contribution is 2.08. The zero-order valence-corrected chi connectivity index (χ0v) is 10.4. The monoisotopic (exact) mass is 306 g/mol. The Morgan fingerprint density at radius 2 is 2.29 bits per heavy atom. The van der Waals surface area contributed by atoms with Crippen molar-refractivity contribution in [2.75, 3.05) is 12.3 Å². The molecule has 2 N–H and O–H groups in total. The minimum atomic E-state index is -2.70. The fourth-order valence-corrected chi connectivity index (χ4v) is 1.21. The number of hydrogen-bond acceptors (Lipinski definition) is 7. The molecule has 11 heteroatoms. The van der Waals surface area contributed by atoms with Crippen LogP contribution in [0.1, 0.15) is 5.82 Å². The topological polar surface area (TPSA) is 90.5 Å². The Kier molecular flexibility index (Phi) is 6.85. The second-order valence-corrected chi connectivity index (χ2v) is 3.48.